The summed E-state index contributed by atoms with van der Waals surface area (Å²) in [6.45, 7) is 9.52. The Kier molecular flexibility index (Phi) is 9.20. The first-order valence-corrected chi connectivity index (χ1v) is 15.0. The van der Waals surface area contributed by atoms with E-state index in [9.17, 15) is 4.79 Å². The van der Waals surface area contributed by atoms with E-state index < -0.39 is 12.7 Å². The molecule has 198 valence electrons. The summed E-state index contributed by atoms with van der Waals surface area (Å²) in [4.78, 5) is 12.6. The average Bonchev–Trinajstić information content (AvgIpc) is 2.80. The van der Waals surface area contributed by atoms with E-state index in [1.54, 1.807) is 18.2 Å². The minimum Gasteiger partial charge on any atom is -0.424 e. The van der Waals surface area contributed by atoms with Gasteiger partial charge in [0.15, 0.2) is 0 Å². The molecule has 0 spiro atoms. The van der Waals surface area contributed by atoms with Crippen LogP contribution in [0.4, 0.5) is 10.5 Å². The van der Waals surface area contributed by atoms with Crippen LogP contribution in [0.25, 0.3) is 0 Å². The quantitative estimate of drug-likeness (QED) is 0.193. The van der Waals surface area contributed by atoms with Crippen LogP contribution in [0, 0.1) is 0 Å². The van der Waals surface area contributed by atoms with Crippen molar-refractivity contribution in [2.45, 2.75) is 52.4 Å². The lowest BCUT2D eigenvalue weighted by atomic mass is 9.87. The molecule has 3 N–H and O–H groups in total. The zero-order valence-electron chi connectivity index (χ0n) is 21.7. The van der Waals surface area contributed by atoms with Crippen LogP contribution in [0.5, 0.6) is 11.5 Å². The van der Waals surface area contributed by atoms with Gasteiger partial charge < -0.3 is 14.4 Å². The highest BCUT2D eigenvalue weighted by Crippen LogP contribution is 2.45. The molecule has 6 nitrogen and oxygen atoms in total. The van der Waals surface area contributed by atoms with Gasteiger partial charge in [0.05, 0.1) is 10.0 Å². The molecule has 2 amide bonds. The van der Waals surface area contributed by atoms with Crippen molar-refractivity contribution in [3.05, 3.63) is 87.9 Å². The van der Waals surface area contributed by atoms with Crippen molar-refractivity contribution in [3.8, 4) is 11.5 Å². The summed E-state index contributed by atoms with van der Waals surface area (Å²) in [5.41, 5.74) is 5.28. The van der Waals surface area contributed by atoms with Gasteiger partial charge in [-0.2, -0.15) is 0 Å². The van der Waals surface area contributed by atoms with Gasteiger partial charge in [-0.3, -0.25) is 5.43 Å². The molecule has 0 aliphatic rings. The minimum absolute atomic E-state index is 0.00746. The van der Waals surface area contributed by atoms with E-state index in [1.807, 2.05) is 48.5 Å². The number of nitrogens with one attached hydrogen (secondary N) is 3. The Morgan fingerprint density at radius 3 is 1.62 bits per heavy atom. The van der Waals surface area contributed by atoms with E-state index in [-0.39, 0.29) is 10.8 Å². The van der Waals surface area contributed by atoms with Crippen LogP contribution < -0.4 is 25.0 Å². The highest BCUT2D eigenvalue weighted by Gasteiger charge is 2.25. The second-order valence-corrected chi connectivity index (χ2v) is 14.4. The van der Waals surface area contributed by atoms with E-state index >= 15 is 0 Å². The standard InChI is InChI=1S/C27H32Cl2N3O3PS/c1-26(2,3)18-7-12-21(13-8-18)34-36(37,35-22-14-9-19(10-15-22)27(4,5)6)32-31-25(33)30-20-11-16-23(28)24(29)17-20/h7-17H,1-6H3,(H,32,37)(H2,30,31,33). The zero-order valence-corrected chi connectivity index (χ0v) is 24.9. The Bertz CT molecular complexity index is 1220. The maximum absolute atomic E-state index is 12.6. The van der Waals surface area contributed by atoms with Gasteiger partial charge >= 0.3 is 12.7 Å². The van der Waals surface area contributed by atoms with Gasteiger partial charge in [0.25, 0.3) is 0 Å². The number of urea groups is 1. The molecule has 0 heterocycles. The van der Waals surface area contributed by atoms with Crippen LogP contribution >= 0.6 is 29.8 Å². The molecule has 3 aromatic carbocycles. The van der Waals surface area contributed by atoms with E-state index in [4.69, 9.17) is 44.1 Å². The monoisotopic (exact) mass is 579 g/mol. The molecule has 0 saturated carbocycles. The SMILES string of the molecule is CC(C)(C)c1ccc(OP(=S)(NNC(=O)Nc2ccc(Cl)c(Cl)c2)Oc2ccc(C(C)(C)C)cc2)cc1. The third-order valence-corrected chi connectivity index (χ3v) is 8.12. The van der Waals surface area contributed by atoms with Crippen LogP contribution in [0.1, 0.15) is 52.7 Å². The second kappa shape index (κ2) is 11.6. The molecule has 0 aliphatic heterocycles. The molecule has 0 saturated heterocycles. The Morgan fingerprint density at radius 1 is 0.757 bits per heavy atom. The van der Waals surface area contributed by atoms with Gasteiger partial charge in [-0.25, -0.2) is 4.79 Å². The van der Waals surface area contributed by atoms with Crippen molar-refractivity contribution < 1.29 is 13.8 Å². The highest BCUT2D eigenvalue weighted by molar-refractivity contribution is 8.09. The summed E-state index contributed by atoms with van der Waals surface area (Å²) < 4.78 is 12.2. The third-order valence-electron chi connectivity index (χ3n) is 5.38. The molecule has 37 heavy (non-hydrogen) atoms. The molecule has 0 aromatic heterocycles. The van der Waals surface area contributed by atoms with E-state index in [2.05, 4.69) is 57.5 Å². The van der Waals surface area contributed by atoms with Crippen molar-refractivity contribution in [1.82, 2.24) is 10.6 Å². The van der Waals surface area contributed by atoms with Gasteiger partial charge in [0.2, 0.25) is 0 Å². The number of amides is 2. The second-order valence-electron chi connectivity index (χ2n) is 10.5. The maximum atomic E-state index is 12.6. The number of carbonyl (C=O) groups excluding carboxylic acids is 1. The summed E-state index contributed by atoms with van der Waals surface area (Å²) in [5, 5.41) is 6.16. The normalized spacial score (nSPS) is 12.1. The summed E-state index contributed by atoms with van der Waals surface area (Å²) in [5.74, 6) is 1.03. The van der Waals surface area contributed by atoms with Crippen molar-refractivity contribution in [3.63, 3.8) is 0 Å². The highest BCUT2D eigenvalue weighted by atomic mass is 35.5. The number of rotatable bonds is 7. The zero-order chi connectivity index (χ0) is 27.4. The molecule has 0 atom stereocenters. The Labute approximate surface area is 234 Å². The van der Waals surface area contributed by atoms with Gasteiger partial charge in [-0.05, 0) is 64.4 Å². The number of carbonyl (C=O) groups is 1. The van der Waals surface area contributed by atoms with Crippen LogP contribution in [0.3, 0.4) is 0 Å². The van der Waals surface area contributed by atoms with Gasteiger partial charge in [0, 0.05) is 17.5 Å². The molecule has 10 heteroatoms. The fourth-order valence-electron chi connectivity index (χ4n) is 3.23. The molecule has 0 radical (unpaired) electrons. The number of hydrogen-bond donors (Lipinski definition) is 3. The molecular weight excluding hydrogens is 548 g/mol. The van der Waals surface area contributed by atoms with Gasteiger partial charge in [-0.15, -0.1) is 5.20 Å². The molecule has 0 fully saturated rings. The molecule has 0 unspecified atom stereocenters. The summed E-state index contributed by atoms with van der Waals surface area (Å²) in [6.07, 6.45) is 0. The molecular formula is C27H32Cl2N3O3PS. The van der Waals surface area contributed by atoms with Crippen molar-refractivity contribution >= 4 is 53.4 Å². The van der Waals surface area contributed by atoms with E-state index in [0.29, 0.717) is 27.2 Å². The van der Waals surface area contributed by atoms with Crippen LogP contribution in [-0.2, 0) is 22.6 Å². The third kappa shape index (κ3) is 8.62. The number of halogens is 2. The number of hydrazine groups is 1. The lowest BCUT2D eigenvalue weighted by Gasteiger charge is -2.26. The van der Waals surface area contributed by atoms with Gasteiger partial charge in [-0.1, -0.05) is 89.0 Å². The van der Waals surface area contributed by atoms with E-state index in [0.717, 1.165) is 11.1 Å². The Hall–Kier alpha value is -2.28. The first-order chi connectivity index (χ1) is 17.1. The van der Waals surface area contributed by atoms with Crippen LogP contribution in [0.15, 0.2) is 66.7 Å². The summed E-state index contributed by atoms with van der Waals surface area (Å²) in [7, 11) is 0. The molecule has 3 rings (SSSR count). The van der Waals surface area contributed by atoms with Crippen LogP contribution in [0.2, 0.25) is 10.0 Å². The average molecular weight is 581 g/mol. The maximum Gasteiger partial charge on any atom is 0.383 e. The van der Waals surface area contributed by atoms with Gasteiger partial charge in [0.1, 0.15) is 11.5 Å². The van der Waals surface area contributed by atoms with Crippen LogP contribution in [-0.4, -0.2) is 6.03 Å². The van der Waals surface area contributed by atoms with Crippen molar-refractivity contribution in [2.24, 2.45) is 0 Å². The molecule has 0 bridgehead atoms. The van der Waals surface area contributed by atoms with E-state index in [1.165, 1.54) is 0 Å². The van der Waals surface area contributed by atoms with Crippen molar-refractivity contribution in [1.29, 1.82) is 0 Å². The smallest absolute Gasteiger partial charge is 0.383 e. The lowest BCUT2D eigenvalue weighted by Crippen LogP contribution is -2.40. The Balaban J connectivity index is 1.78. The summed E-state index contributed by atoms with van der Waals surface area (Å²) >= 11 is 17.8. The van der Waals surface area contributed by atoms with Crippen molar-refractivity contribution in [2.75, 3.05) is 5.32 Å². The number of hydrogen-bond acceptors (Lipinski definition) is 4. The fourth-order valence-corrected chi connectivity index (χ4v) is 5.35. The first kappa shape index (κ1) is 29.3. The minimum atomic E-state index is -3.29. The largest absolute Gasteiger partial charge is 0.424 e. The topological polar surface area (TPSA) is 71.6 Å². The Morgan fingerprint density at radius 2 is 1.22 bits per heavy atom. The number of benzene rings is 3. The molecule has 0 aliphatic carbocycles. The lowest BCUT2D eigenvalue weighted by molar-refractivity contribution is 0.250. The predicted octanol–water partition coefficient (Wildman–Crippen LogP) is 8.60. The fraction of sp³-hybridized carbons (Fsp3) is 0.296. The summed E-state index contributed by atoms with van der Waals surface area (Å²) in [6, 6.07) is 19.5. The predicted molar refractivity (Wildman–Crippen MR) is 158 cm³/mol. The first-order valence-electron chi connectivity index (χ1n) is 11.6. The number of anilines is 1. The molecule has 3 aromatic rings.